The Hall–Kier alpha value is -3.86. The number of benzene rings is 2. The fourth-order valence-electron chi connectivity index (χ4n) is 6.31. The topological polar surface area (TPSA) is 84.8 Å². The van der Waals surface area contributed by atoms with E-state index in [1.807, 2.05) is 19.2 Å². The number of anilines is 1. The number of rotatable bonds is 8. The van der Waals surface area contributed by atoms with Crippen LogP contribution in [0.4, 0.5) is 10.2 Å². The average molecular weight is 598 g/mol. The summed E-state index contributed by atoms with van der Waals surface area (Å²) in [7, 11) is 2.20. The molecule has 3 aromatic heterocycles. The molecule has 0 radical (unpaired) electrons. The van der Waals surface area contributed by atoms with Crippen LogP contribution in [0.2, 0.25) is 0 Å². The number of ether oxygens (including phenoxy) is 1. The van der Waals surface area contributed by atoms with Crippen LogP contribution in [0.5, 0.6) is 5.75 Å². The molecule has 0 bridgehead atoms. The van der Waals surface area contributed by atoms with E-state index < -0.39 is 0 Å². The number of halogens is 1. The highest BCUT2D eigenvalue weighted by Crippen LogP contribution is 2.42. The lowest BCUT2D eigenvalue weighted by molar-refractivity contribution is 0.0586. The minimum absolute atomic E-state index is 0.310. The van der Waals surface area contributed by atoms with Gasteiger partial charge < -0.3 is 15.4 Å². The van der Waals surface area contributed by atoms with E-state index in [0.717, 1.165) is 82.6 Å². The molecule has 1 aliphatic heterocycles. The number of nitrogens with two attached hydrogens (primary N) is 1. The van der Waals surface area contributed by atoms with Crippen molar-refractivity contribution in [3.63, 3.8) is 0 Å². The highest BCUT2D eigenvalue weighted by Gasteiger charge is 2.38. The van der Waals surface area contributed by atoms with E-state index in [9.17, 15) is 4.39 Å². The lowest BCUT2D eigenvalue weighted by Crippen LogP contribution is -2.52. The zero-order chi connectivity index (χ0) is 29.5. The Kier molecular flexibility index (Phi) is 7.58. The molecule has 1 saturated carbocycles. The molecule has 0 amide bonds. The molecule has 2 aliphatic rings. The molecule has 10 heteroatoms. The molecule has 2 aromatic carbocycles. The molecule has 0 spiro atoms. The van der Waals surface area contributed by atoms with Gasteiger partial charge in [-0.3, -0.25) is 9.30 Å². The summed E-state index contributed by atoms with van der Waals surface area (Å²) in [5.41, 5.74) is 11.0. The van der Waals surface area contributed by atoms with Gasteiger partial charge in [-0.05, 0) is 56.5 Å². The highest BCUT2D eigenvalue weighted by atomic mass is 32.1. The molecule has 2 N–H and O–H groups in total. The van der Waals surface area contributed by atoms with Gasteiger partial charge in [0.15, 0.2) is 0 Å². The second-order valence-corrected chi connectivity index (χ2v) is 13.1. The van der Waals surface area contributed by atoms with Crippen LogP contribution in [0.25, 0.3) is 16.8 Å². The van der Waals surface area contributed by atoms with Crippen molar-refractivity contribution < 1.29 is 9.13 Å². The van der Waals surface area contributed by atoms with Gasteiger partial charge in [-0.15, -0.1) is 11.3 Å². The summed E-state index contributed by atoms with van der Waals surface area (Å²) in [6.07, 6.45) is 8.36. The minimum atomic E-state index is -0.310. The maximum absolute atomic E-state index is 14.5. The first kappa shape index (κ1) is 27.9. The molecule has 0 atom stereocenters. The molecule has 2 fully saturated rings. The third kappa shape index (κ3) is 5.87. The van der Waals surface area contributed by atoms with E-state index in [4.69, 9.17) is 15.5 Å². The standard InChI is InChI=1S/C33H36FN7OS/c1-21-37-19-29(43-21)20-42-28-15-23(14-26(34)18-28)13-22-3-5-24(6-4-22)30-31-32(35)36-7-8-41(31)33(38-30)25-16-27(17-25)40-11-9-39(2)10-12-40/h3-8,14-15,18-19,25,27H,9-13,16-17,20H2,1-2H3,(H2,35,36). The molecule has 7 rings (SSSR count). The summed E-state index contributed by atoms with van der Waals surface area (Å²) >= 11 is 1.58. The van der Waals surface area contributed by atoms with Crippen LogP contribution in [-0.4, -0.2) is 68.4 Å². The molecule has 0 unspecified atom stereocenters. The van der Waals surface area contributed by atoms with Gasteiger partial charge in [0.05, 0.1) is 9.88 Å². The van der Waals surface area contributed by atoms with Crippen LogP contribution in [0.1, 0.15) is 45.6 Å². The zero-order valence-electron chi connectivity index (χ0n) is 24.5. The quantitative estimate of drug-likeness (QED) is 0.251. The van der Waals surface area contributed by atoms with E-state index in [2.05, 4.69) is 55.5 Å². The molecule has 1 saturated heterocycles. The maximum atomic E-state index is 14.5. The van der Waals surface area contributed by atoms with Crippen molar-refractivity contribution in [3.05, 3.63) is 93.7 Å². The van der Waals surface area contributed by atoms with Crippen molar-refractivity contribution in [2.75, 3.05) is 39.0 Å². The van der Waals surface area contributed by atoms with Gasteiger partial charge in [-0.1, -0.05) is 24.3 Å². The van der Waals surface area contributed by atoms with Crippen molar-refractivity contribution in [3.8, 4) is 17.0 Å². The Labute approximate surface area is 255 Å². The lowest BCUT2D eigenvalue weighted by atomic mass is 9.78. The number of nitrogens with zero attached hydrogens (tertiary/aromatic N) is 6. The predicted octanol–water partition coefficient (Wildman–Crippen LogP) is 5.55. The number of likely N-dealkylation sites (N-methyl/N-ethyl adjacent to an activating group) is 1. The van der Waals surface area contributed by atoms with E-state index in [1.165, 1.54) is 6.07 Å². The van der Waals surface area contributed by atoms with Crippen LogP contribution in [0, 0.1) is 12.7 Å². The summed E-state index contributed by atoms with van der Waals surface area (Å²) in [5, 5.41) is 0.985. The van der Waals surface area contributed by atoms with Crippen molar-refractivity contribution >= 4 is 22.7 Å². The number of nitrogen functional groups attached to an aromatic ring is 1. The summed E-state index contributed by atoms with van der Waals surface area (Å²) in [4.78, 5) is 19.9. The summed E-state index contributed by atoms with van der Waals surface area (Å²) in [6.45, 7) is 6.88. The Morgan fingerprint density at radius 2 is 1.81 bits per heavy atom. The molecule has 222 valence electrons. The molecule has 5 aromatic rings. The lowest BCUT2D eigenvalue weighted by Gasteiger charge is -2.45. The molecule has 1 aliphatic carbocycles. The van der Waals surface area contributed by atoms with Crippen molar-refractivity contribution in [2.24, 2.45) is 0 Å². The maximum Gasteiger partial charge on any atom is 0.150 e. The van der Waals surface area contributed by atoms with Gasteiger partial charge in [0.25, 0.3) is 0 Å². The third-order valence-corrected chi connectivity index (χ3v) is 9.65. The van der Waals surface area contributed by atoms with Gasteiger partial charge in [0.1, 0.15) is 41.0 Å². The van der Waals surface area contributed by atoms with Crippen molar-refractivity contribution in [1.29, 1.82) is 0 Å². The average Bonchev–Trinajstić information content (AvgIpc) is 3.57. The van der Waals surface area contributed by atoms with Gasteiger partial charge in [-0.25, -0.2) is 19.3 Å². The largest absolute Gasteiger partial charge is 0.488 e. The van der Waals surface area contributed by atoms with E-state index in [-0.39, 0.29) is 5.82 Å². The predicted molar refractivity (Wildman–Crippen MR) is 168 cm³/mol. The third-order valence-electron chi connectivity index (χ3n) is 8.76. The summed E-state index contributed by atoms with van der Waals surface area (Å²) in [6, 6.07) is 13.8. The molecular formula is C33H36FN7OS. The van der Waals surface area contributed by atoms with E-state index in [1.54, 1.807) is 29.8 Å². The first-order chi connectivity index (χ1) is 20.9. The summed E-state index contributed by atoms with van der Waals surface area (Å²) in [5.74, 6) is 2.15. The normalized spacial score (nSPS) is 19.5. The van der Waals surface area contributed by atoms with Gasteiger partial charge >= 0.3 is 0 Å². The van der Waals surface area contributed by atoms with Gasteiger partial charge in [-0.2, -0.15) is 0 Å². The zero-order valence-corrected chi connectivity index (χ0v) is 25.4. The SMILES string of the molecule is Cc1ncc(COc2cc(F)cc(Cc3ccc(-c4nc(C5CC(N6CCN(C)CC6)C5)n5ccnc(N)c45)cc3)c2)s1. The Bertz CT molecular complexity index is 1740. The number of hydrogen-bond acceptors (Lipinski definition) is 8. The van der Waals surface area contributed by atoms with Gasteiger partial charge in [0, 0.05) is 68.4 Å². The van der Waals surface area contributed by atoms with Crippen molar-refractivity contribution in [1.82, 2.24) is 29.2 Å². The second-order valence-electron chi connectivity index (χ2n) is 11.8. The Balaban J connectivity index is 1.07. The van der Waals surface area contributed by atoms with Gasteiger partial charge in [0.2, 0.25) is 0 Å². The fourth-order valence-corrected chi connectivity index (χ4v) is 7.02. The first-order valence-electron chi connectivity index (χ1n) is 14.9. The minimum Gasteiger partial charge on any atom is -0.488 e. The smallest absolute Gasteiger partial charge is 0.150 e. The molecule has 4 heterocycles. The van der Waals surface area contributed by atoms with Crippen LogP contribution in [0.3, 0.4) is 0 Å². The summed E-state index contributed by atoms with van der Waals surface area (Å²) < 4.78 is 22.5. The van der Waals surface area contributed by atoms with Crippen LogP contribution in [-0.2, 0) is 13.0 Å². The van der Waals surface area contributed by atoms with Crippen molar-refractivity contribution in [2.45, 2.75) is 44.8 Å². The Morgan fingerprint density at radius 1 is 1.02 bits per heavy atom. The number of fused-ring (bicyclic) bond motifs is 1. The van der Waals surface area contributed by atoms with Crippen LogP contribution in [0.15, 0.2) is 61.1 Å². The highest BCUT2D eigenvalue weighted by molar-refractivity contribution is 7.11. The number of aromatic nitrogens is 4. The number of imidazole rings is 1. The Morgan fingerprint density at radius 3 is 2.56 bits per heavy atom. The number of piperazine rings is 1. The fraction of sp³-hybridized carbons (Fsp3) is 0.364. The number of hydrogen-bond donors (Lipinski definition) is 1. The molecule has 43 heavy (non-hydrogen) atoms. The second kappa shape index (κ2) is 11.7. The van der Waals surface area contributed by atoms with Crippen LogP contribution < -0.4 is 10.5 Å². The van der Waals surface area contributed by atoms with Crippen LogP contribution >= 0.6 is 11.3 Å². The van der Waals surface area contributed by atoms with E-state index in [0.29, 0.717) is 36.6 Å². The molecular weight excluding hydrogens is 561 g/mol. The van der Waals surface area contributed by atoms with E-state index >= 15 is 0 Å². The monoisotopic (exact) mass is 597 g/mol. The number of aryl methyl sites for hydroxylation is 1. The first-order valence-corrected chi connectivity index (χ1v) is 15.7. The number of thiazole rings is 1. The molecule has 8 nitrogen and oxygen atoms in total.